The zero-order valence-electron chi connectivity index (χ0n) is 19.5. The first kappa shape index (κ1) is 28.8. The summed E-state index contributed by atoms with van der Waals surface area (Å²) in [7, 11) is 0. The van der Waals surface area contributed by atoms with Crippen LogP contribution in [0.5, 0.6) is 0 Å². The SMILES string of the molecule is CCCCCCCCC(Cc1cc(C(F)(F)F)cc(C(F)(F)F)c1)C(C)(OCC)OCC. The van der Waals surface area contributed by atoms with E-state index in [1.807, 2.05) is 0 Å². The zero-order valence-corrected chi connectivity index (χ0v) is 19.5. The van der Waals surface area contributed by atoms with Gasteiger partial charge in [-0.15, -0.1) is 0 Å². The fourth-order valence-electron chi connectivity index (χ4n) is 3.99. The van der Waals surface area contributed by atoms with Crippen LogP contribution in [0.3, 0.4) is 0 Å². The van der Waals surface area contributed by atoms with E-state index in [1.165, 1.54) is 0 Å². The quantitative estimate of drug-likeness (QED) is 0.154. The summed E-state index contributed by atoms with van der Waals surface area (Å²) >= 11 is 0. The molecule has 186 valence electrons. The molecule has 1 atom stereocenters. The predicted octanol–water partition coefficient (Wildman–Crippen LogP) is 8.42. The van der Waals surface area contributed by atoms with Crippen molar-refractivity contribution in [2.75, 3.05) is 13.2 Å². The molecule has 0 fully saturated rings. The van der Waals surface area contributed by atoms with Gasteiger partial charge in [-0.1, -0.05) is 45.4 Å². The molecular formula is C24H36F6O2. The molecule has 0 aliphatic rings. The molecule has 0 bridgehead atoms. The number of hydrogen-bond acceptors (Lipinski definition) is 2. The van der Waals surface area contributed by atoms with Gasteiger partial charge >= 0.3 is 12.4 Å². The van der Waals surface area contributed by atoms with E-state index in [9.17, 15) is 26.3 Å². The van der Waals surface area contributed by atoms with Crippen LogP contribution in [0.1, 0.15) is 89.3 Å². The summed E-state index contributed by atoms with van der Waals surface area (Å²) in [5.74, 6) is -1.49. The first-order valence-electron chi connectivity index (χ1n) is 11.4. The van der Waals surface area contributed by atoms with Crippen LogP contribution >= 0.6 is 0 Å². The summed E-state index contributed by atoms with van der Waals surface area (Å²) in [4.78, 5) is 0. The number of alkyl halides is 6. The van der Waals surface area contributed by atoms with Crippen molar-refractivity contribution in [2.45, 2.75) is 97.2 Å². The van der Waals surface area contributed by atoms with Crippen molar-refractivity contribution in [3.05, 3.63) is 34.9 Å². The average Bonchev–Trinajstić information content (AvgIpc) is 2.68. The topological polar surface area (TPSA) is 18.5 Å². The van der Waals surface area contributed by atoms with Gasteiger partial charge in [-0.3, -0.25) is 0 Å². The summed E-state index contributed by atoms with van der Waals surface area (Å²) < 4.78 is 91.4. The first-order valence-corrected chi connectivity index (χ1v) is 11.4. The monoisotopic (exact) mass is 470 g/mol. The smallest absolute Gasteiger partial charge is 0.350 e. The molecule has 0 aliphatic carbocycles. The highest BCUT2D eigenvalue weighted by Crippen LogP contribution is 2.38. The van der Waals surface area contributed by atoms with Crippen molar-refractivity contribution < 1.29 is 35.8 Å². The van der Waals surface area contributed by atoms with Gasteiger partial charge in [0, 0.05) is 19.1 Å². The number of ether oxygens (including phenoxy) is 2. The van der Waals surface area contributed by atoms with Crippen molar-refractivity contribution in [2.24, 2.45) is 5.92 Å². The van der Waals surface area contributed by atoms with E-state index in [1.54, 1.807) is 20.8 Å². The highest BCUT2D eigenvalue weighted by atomic mass is 19.4. The maximum Gasteiger partial charge on any atom is 0.416 e. The molecule has 1 unspecified atom stereocenters. The van der Waals surface area contributed by atoms with Crippen LogP contribution in [0, 0.1) is 5.92 Å². The molecule has 0 N–H and O–H groups in total. The Balaban J connectivity index is 3.21. The standard InChI is InChI=1S/C24H36F6O2/c1-5-8-9-10-11-12-13-19(22(4,31-6-2)32-7-3)14-18-15-20(23(25,26)27)17-21(16-18)24(28,29)30/h15-17,19H,5-14H2,1-4H3. The Hall–Kier alpha value is -1.28. The van der Waals surface area contributed by atoms with Crippen LogP contribution in [-0.2, 0) is 28.2 Å². The molecule has 0 aromatic heterocycles. The second kappa shape index (κ2) is 12.8. The molecule has 1 aromatic carbocycles. The van der Waals surface area contributed by atoms with Crippen LogP contribution in [-0.4, -0.2) is 19.0 Å². The van der Waals surface area contributed by atoms with E-state index in [-0.39, 0.29) is 18.1 Å². The van der Waals surface area contributed by atoms with Gasteiger partial charge in [0.1, 0.15) is 0 Å². The Labute approximate surface area is 187 Å². The van der Waals surface area contributed by atoms with E-state index >= 15 is 0 Å². The minimum absolute atomic E-state index is 0.00153. The molecule has 1 aromatic rings. The third-order valence-electron chi connectivity index (χ3n) is 5.64. The lowest BCUT2D eigenvalue weighted by molar-refractivity contribution is -0.253. The molecule has 8 heteroatoms. The van der Waals surface area contributed by atoms with E-state index in [0.29, 0.717) is 19.6 Å². The van der Waals surface area contributed by atoms with Gasteiger partial charge in [0.25, 0.3) is 0 Å². The number of hydrogen-bond donors (Lipinski definition) is 0. The van der Waals surface area contributed by atoms with E-state index in [2.05, 4.69) is 6.92 Å². The Bertz CT molecular complexity index is 631. The largest absolute Gasteiger partial charge is 0.416 e. The van der Waals surface area contributed by atoms with Crippen LogP contribution in [0.25, 0.3) is 0 Å². The molecule has 0 aliphatic heterocycles. The highest BCUT2D eigenvalue weighted by Gasteiger charge is 2.39. The summed E-state index contributed by atoms with van der Waals surface area (Å²) in [5, 5.41) is 0. The van der Waals surface area contributed by atoms with E-state index in [4.69, 9.17) is 9.47 Å². The molecule has 0 heterocycles. The predicted molar refractivity (Wildman–Crippen MR) is 113 cm³/mol. The summed E-state index contributed by atoms with van der Waals surface area (Å²) in [6.45, 7) is 8.05. The van der Waals surface area contributed by atoms with Gasteiger partial charge in [-0.25, -0.2) is 0 Å². The maximum atomic E-state index is 13.3. The van der Waals surface area contributed by atoms with Crippen molar-refractivity contribution >= 4 is 0 Å². The Morgan fingerprint density at radius 3 is 1.62 bits per heavy atom. The summed E-state index contributed by atoms with van der Waals surface area (Å²) in [6.07, 6.45) is -2.99. The fourth-order valence-corrected chi connectivity index (χ4v) is 3.99. The molecule has 2 nitrogen and oxygen atoms in total. The molecule has 1 rings (SSSR count). The molecular weight excluding hydrogens is 434 g/mol. The third-order valence-corrected chi connectivity index (χ3v) is 5.64. The lowest BCUT2D eigenvalue weighted by atomic mass is 9.86. The van der Waals surface area contributed by atoms with Crippen molar-refractivity contribution in [1.82, 2.24) is 0 Å². The minimum atomic E-state index is -4.87. The Morgan fingerprint density at radius 2 is 1.19 bits per heavy atom. The second-order valence-electron chi connectivity index (χ2n) is 8.25. The molecule has 0 radical (unpaired) electrons. The lowest BCUT2D eigenvalue weighted by Crippen LogP contribution is -2.42. The van der Waals surface area contributed by atoms with Gasteiger partial charge in [0.05, 0.1) is 11.1 Å². The number of rotatable bonds is 14. The van der Waals surface area contributed by atoms with E-state index in [0.717, 1.165) is 50.7 Å². The van der Waals surface area contributed by atoms with Crippen molar-refractivity contribution in [3.8, 4) is 0 Å². The van der Waals surface area contributed by atoms with Crippen LogP contribution in [0.4, 0.5) is 26.3 Å². The molecule has 0 spiro atoms. The molecule has 0 amide bonds. The maximum absolute atomic E-state index is 13.3. The number of halogens is 6. The number of unbranched alkanes of at least 4 members (excludes halogenated alkanes) is 5. The summed E-state index contributed by atoms with van der Waals surface area (Å²) in [5.41, 5.74) is -2.61. The van der Waals surface area contributed by atoms with Gasteiger partial charge in [-0.05, 0) is 57.4 Å². The van der Waals surface area contributed by atoms with Crippen LogP contribution < -0.4 is 0 Å². The van der Waals surface area contributed by atoms with Crippen molar-refractivity contribution in [3.63, 3.8) is 0 Å². The minimum Gasteiger partial charge on any atom is -0.350 e. The third kappa shape index (κ3) is 9.30. The zero-order chi connectivity index (χ0) is 24.4. The highest BCUT2D eigenvalue weighted by molar-refractivity contribution is 5.34. The first-order chi connectivity index (χ1) is 14.9. The second-order valence-corrected chi connectivity index (χ2v) is 8.25. The fraction of sp³-hybridized carbons (Fsp3) is 0.750. The van der Waals surface area contributed by atoms with Crippen LogP contribution in [0.15, 0.2) is 18.2 Å². The Kier molecular flexibility index (Phi) is 11.5. The van der Waals surface area contributed by atoms with Gasteiger partial charge < -0.3 is 9.47 Å². The molecule has 0 saturated carbocycles. The molecule has 32 heavy (non-hydrogen) atoms. The lowest BCUT2D eigenvalue weighted by Gasteiger charge is -2.37. The Morgan fingerprint density at radius 1 is 0.719 bits per heavy atom. The molecule has 0 saturated heterocycles. The average molecular weight is 471 g/mol. The van der Waals surface area contributed by atoms with Gasteiger partial charge in [0.15, 0.2) is 5.79 Å². The van der Waals surface area contributed by atoms with Gasteiger partial charge in [-0.2, -0.15) is 26.3 Å². The van der Waals surface area contributed by atoms with Crippen LogP contribution in [0.2, 0.25) is 0 Å². The summed E-state index contributed by atoms with van der Waals surface area (Å²) in [6, 6.07) is 1.78. The van der Waals surface area contributed by atoms with Gasteiger partial charge in [0.2, 0.25) is 0 Å². The van der Waals surface area contributed by atoms with E-state index < -0.39 is 35.2 Å². The van der Waals surface area contributed by atoms with Crippen molar-refractivity contribution in [1.29, 1.82) is 0 Å². The normalized spacial score (nSPS) is 14.1. The number of benzene rings is 1.